The standard InChI is InChI=1S/C33H54B2INO8/c1-15(2)26(7)21(25(40)45-36)22-28(9,30(22,26)17(5)6)43-18-13-41-33(35)19(14-42-32(18,33)34)44-29(10)23-20(24(38)39)27(8,16(3)4)31(23,29)37(11)12/h15-23H,13-14,34-35H2,1-12H3,(H,38,39)/t18?,19?,20?,21?,22?,23?,26?,27?,28?,29?,30?,31?,32-,33-/m1/s1. The lowest BCUT2D eigenvalue weighted by atomic mass is 9.46. The van der Waals surface area contributed by atoms with Crippen LogP contribution in [0.15, 0.2) is 0 Å². The molecule has 252 valence electrons. The summed E-state index contributed by atoms with van der Waals surface area (Å²) in [5.41, 5.74) is -4.16. The number of fused-ring (bicyclic) bond motifs is 3. The van der Waals surface area contributed by atoms with Gasteiger partial charge in [-0.1, -0.05) is 55.4 Å². The summed E-state index contributed by atoms with van der Waals surface area (Å²) in [4.78, 5) is 28.1. The Morgan fingerprint density at radius 2 is 1.27 bits per heavy atom. The summed E-state index contributed by atoms with van der Waals surface area (Å²) in [7, 11) is 8.24. The molecule has 45 heavy (non-hydrogen) atoms. The molecule has 4 saturated carbocycles. The van der Waals surface area contributed by atoms with Crippen molar-refractivity contribution in [3.63, 3.8) is 0 Å². The van der Waals surface area contributed by atoms with Crippen LogP contribution in [0.5, 0.6) is 0 Å². The Morgan fingerprint density at radius 1 is 0.800 bits per heavy atom. The van der Waals surface area contributed by atoms with E-state index in [0.717, 1.165) is 0 Å². The van der Waals surface area contributed by atoms with Crippen molar-refractivity contribution in [2.24, 2.45) is 57.7 Å². The highest BCUT2D eigenvalue weighted by molar-refractivity contribution is 14.1. The van der Waals surface area contributed by atoms with Gasteiger partial charge in [0.05, 0.1) is 52.8 Å². The maximum absolute atomic E-state index is 13.2. The number of ether oxygens (including phenoxy) is 4. The Morgan fingerprint density at radius 3 is 1.64 bits per heavy atom. The van der Waals surface area contributed by atoms with E-state index in [4.69, 9.17) is 22.0 Å². The zero-order valence-corrected chi connectivity index (χ0v) is 31.9. The Bertz CT molecular complexity index is 1320. The minimum Gasteiger partial charge on any atom is -0.481 e. The molecule has 0 bridgehead atoms. The van der Waals surface area contributed by atoms with Gasteiger partial charge in [0.25, 0.3) is 0 Å². The second kappa shape index (κ2) is 9.64. The Labute approximate surface area is 285 Å². The molecule has 1 N–H and O–H groups in total. The van der Waals surface area contributed by atoms with E-state index in [2.05, 4.69) is 104 Å². The Kier molecular flexibility index (Phi) is 7.38. The molecule has 6 rings (SSSR count). The van der Waals surface area contributed by atoms with Gasteiger partial charge in [0, 0.05) is 22.7 Å². The average Bonchev–Trinajstić information content (AvgIpc) is 3.51. The van der Waals surface area contributed by atoms with Crippen molar-refractivity contribution >= 4 is 50.6 Å². The maximum Gasteiger partial charge on any atom is 0.319 e. The minimum atomic E-state index is -0.805. The lowest BCUT2D eigenvalue weighted by Gasteiger charge is -2.57. The van der Waals surface area contributed by atoms with Crippen molar-refractivity contribution in [1.29, 1.82) is 0 Å². The summed E-state index contributed by atoms with van der Waals surface area (Å²) in [5.74, 6) is -1.05. The molecule has 2 aliphatic heterocycles. The first-order valence-corrected chi connectivity index (χ1v) is 17.8. The van der Waals surface area contributed by atoms with E-state index >= 15 is 0 Å². The van der Waals surface area contributed by atoms with Gasteiger partial charge in [-0.2, -0.15) is 0 Å². The molecule has 0 aromatic carbocycles. The monoisotopic (exact) mass is 741 g/mol. The first-order chi connectivity index (χ1) is 20.6. The zero-order valence-electron chi connectivity index (χ0n) is 29.7. The van der Waals surface area contributed by atoms with Crippen LogP contribution in [0.2, 0.25) is 0 Å². The molecule has 0 aromatic heterocycles. The van der Waals surface area contributed by atoms with Crippen LogP contribution in [0.4, 0.5) is 0 Å². The molecule has 12 heteroatoms. The molecule has 0 aromatic rings. The Hall–Kier alpha value is -0.400. The first kappa shape index (κ1) is 34.5. The predicted octanol–water partition coefficient (Wildman–Crippen LogP) is 2.76. The molecule has 4 aliphatic carbocycles. The van der Waals surface area contributed by atoms with Crippen LogP contribution >= 0.6 is 23.0 Å². The van der Waals surface area contributed by atoms with Crippen LogP contribution in [-0.2, 0) is 31.6 Å². The highest BCUT2D eigenvalue weighted by atomic mass is 127. The number of carboxylic acid groups (broad SMARTS) is 1. The number of likely N-dealkylation sites (N-methyl/N-ethyl adjacent to an activating group) is 1. The number of aliphatic carboxylic acids is 1. The van der Waals surface area contributed by atoms with Crippen molar-refractivity contribution in [2.45, 2.75) is 109 Å². The molecular weight excluding hydrogens is 687 g/mol. The van der Waals surface area contributed by atoms with Crippen LogP contribution in [-0.4, -0.2) is 105 Å². The molecular formula is C33H54B2INO8. The number of nitrogens with zero attached hydrogens (tertiary/aromatic N) is 1. The fraction of sp³-hybridized carbons (Fsp3) is 0.939. The lowest BCUT2D eigenvalue weighted by molar-refractivity contribution is -0.172. The fourth-order valence-electron chi connectivity index (χ4n) is 13.5. The normalized spacial score (nSPS) is 55.7. The van der Waals surface area contributed by atoms with E-state index in [-0.39, 0.29) is 52.5 Å². The van der Waals surface area contributed by atoms with Gasteiger partial charge in [-0.15, -0.1) is 0 Å². The van der Waals surface area contributed by atoms with Crippen LogP contribution in [0.3, 0.4) is 0 Å². The molecule has 12 unspecified atom stereocenters. The molecule has 2 saturated heterocycles. The van der Waals surface area contributed by atoms with Crippen molar-refractivity contribution in [2.75, 3.05) is 27.3 Å². The second-order valence-corrected chi connectivity index (χ2v) is 17.9. The van der Waals surface area contributed by atoms with Gasteiger partial charge in [0.2, 0.25) is 0 Å². The number of carbonyl (C=O) groups is 2. The molecule has 6 aliphatic rings. The molecule has 2 heterocycles. The molecule has 0 radical (unpaired) electrons. The van der Waals surface area contributed by atoms with Crippen LogP contribution in [0.25, 0.3) is 0 Å². The summed E-state index contributed by atoms with van der Waals surface area (Å²) in [5, 5.41) is 10.4. The summed E-state index contributed by atoms with van der Waals surface area (Å²) < 4.78 is 33.0. The third-order valence-electron chi connectivity index (χ3n) is 15.9. The van der Waals surface area contributed by atoms with Gasteiger partial charge in [-0.05, 0) is 51.1 Å². The summed E-state index contributed by atoms with van der Waals surface area (Å²) in [6.07, 6.45) is -0.769. The van der Waals surface area contributed by atoms with Gasteiger partial charge in [-0.3, -0.25) is 9.59 Å². The largest absolute Gasteiger partial charge is 0.481 e. The number of hydrogen-bond donors (Lipinski definition) is 1. The molecule has 0 amide bonds. The quantitative estimate of drug-likeness (QED) is 0.268. The SMILES string of the molecule is B[C@]12OCC(OC3(C)C4C(C(=O)O)C(C)(C(C)C)C43N(C)C)[C@@]1(B)OCC2OC1(C)C2C(C(=O)OI)C(C)(C(C)C)C21C(C)C. The van der Waals surface area contributed by atoms with Crippen molar-refractivity contribution in [1.82, 2.24) is 4.90 Å². The van der Waals surface area contributed by atoms with Crippen LogP contribution in [0, 0.1) is 57.7 Å². The Balaban J connectivity index is 1.28. The van der Waals surface area contributed by atoms with Gasteiger partial charge < -0.3 is 32.0 Å². The zero-order chi connectivity index (χ0) is 33.9. The van der Waals surface area contributed by atoms with E-state index in [1.54, 1.807) is 23.0 Å². The molecule has 0 spiro atoms. The number of rotatable bonds is 10. The summed E-state index contributed by atoms with van der Waals surface area (Å²) in [6, 6.07) is 0. The van der Waals surface area contributed by atoms with Crippen LogP contribution in [0.1, 0.15) is 69.2 Å². The topological polar surface area (TPSA) is 104 Å². The lowest BCUT2D eigenvalue weighted by Crippen LogP contribution is -2.66. The van der Waals surface area contributed by atoms with E-state index < -0.39 is 51.1 Å². The maximum atomic E-state index is 13.2. The van der Waals surface area contributed by atoms with E-state index in [0.29, 0.717) is 19.1 Å². The first-order valence-electron chi connectivity index (χ1n) is 16.9. The van der Waals surface area contributed by atoms with Gasteiger partial charge in [-0.25, -0.2) is 0 Å². The average molecular weight is 741 g/mol. The number of hydrogen-bond acceptors (Lipinski definition) is 8. The minimum absolute atomic E-state index is 0.0474. The summed E-state index contributed by atoms with van der Waals surface area (Å²) >= 11 is 1.72. The molecule has 14 atom stereocenters. The van der Waals surface area contributed by atoms with E-state index in [1.807, 2.05) is 0 Å². The predicted molar refractivity (Wildman–Crippen MR) is 182 cm³/mol. The van der Waals surface area contributed by atoms with Crippen LogP contribution < -0.4 is 0 Å². The van der Waals surface area contributed by atoms with Gasteiger partial charge in [0.15, 0.2) is 23.0 Å². The van der Waals surface area contributed by atoms with Gasteiger partial charge >= 0.3 is 11.9 Å². The second-order valence-electron chi connectivity index (χ2n) is 17.5. The highest BCUT2D eigenvalue weighted by Crippen LogP contribution is 2.91. The number of halogens is 1. The molecule has 9 nitrogen and oxygen atoms in total. The fourth-order valence-corrected chi connectivity index (χ4v) is 13.8. The number of carbonyl (C=O) groups excluding carboxylic acids is 1. The van der Waals surface area contributed by atoms with E-state index in [1.165, 1.54) is 0 Å². The number of carboxylic acids is 1. The van der Waals surface area contributed by atoms with Crippen molar-refractivity contribution in [3.05, 3.63) is 0 Å². The van der Waals surface area contributed by atoms with Crippen molar-refractivity contribution in [3.8, 4) is 0 Å². The molecule has 6 fully saturated rings. The third-order valence-corrected chi connectivity index (χ3v) is 16.3. The van der Waals surface area contributed by atoms with E-state index in [9.17, 15) is 14.7 Å². The third kappa shape index (κ3) is 3.24. The highest BCUT2D eigenvalue weighted by Gasteiger charge is 2.97. The van der Waals surface area contributed by atoms with Crippen molar-refractivity contribution < 1.29 is 36.7 Å². The smallest absolute Gasteiger partial charge is 0.319 e. The van der Waals surface area contributed by atoms with Gasteiger partial charge in [0.1, 0.15) is 27.9 Å². The summed E-state index contributed by atoms with van der Waals surface area (Å²) in [6.45, 7) is 22.5.